The molecule has 5 nitrogen and oxygen atoms in total. The smallest absolute Gasteiger partial charge is 0.244 e. The molecule has 0 spiro atoms. The predicted molar refractivity (Wildman–Crippen MR) is 77.3 cm³/mol. The van der Waals surface area contributed by atoms with Crippen LogP contribution in [0.4, 0.5) is 0 Å². The Labute approximate surface area is 121 Å². The third-order valence-electron chi connectivity index (χ3n) is 2.75. The van der Waals surface area contributed by atoms with Crippen molar-refractivity contribution in [2.24, 2.45) is 0 Å². The van der Waals surface area contributed by atoms with E-state index in [-0.39, 0.29) is 23.8 Å². The highest BCUT2D eigenvalue weighted by Crippen LogP contribution is 2.25. The van der Waals surface area contributed by atoms with E-state index in [0.29, 0.717) is 5.56 Å². The van der Waals surface area contributed by atoms with E-state index >= 15 is 0 Å². The molecule has 0 aliphatic rings. The van der Waals surface area contributed by atoms with Crippen LogP contribution in [0.2, 0.25) is 0 Å². The van der Waals surface area contributed by atoms with Crippen molar-refractivity contribution in [3.8, 4) is 5.75 Å². The van der Waals surface area contributed by atoms with E-state index in [2.05, 4.69) is 4.72 Å². The van der Waals surface area contributed by atoms with Gasteiger partial charge in [-0.1, -0.05) is 6.07 Å². The van der Waals surface area contributed by atoms with Crippen LogP contribution >= 0.6 is 11.3 Å². The summed E-state index contributed by atoms with van der Waals surface area (Å²) < 4.78 is 32.2. The van der Waals surface area contributed by atoms with E-state index in [4.69, 9.17) is 9.84 Å². The van der Waals surface area contributed by atoms with Crippen LogP contribution in [-0.2, 0) is 23.2 Å². The third kappa shape index (κ3) is 3.37. The second kappa shape index (κ2) is 6.36. The quantitative estimate of drug-likeness (QED) is 0.851. The highest BCUT2D eigenvalue weighted by atomic mass is 32.2. The van der Waals surface area contributed by atoms with Crippen molar-refractivity contribution in [3.63, 3.8) is 0 Å². The number of methoxy groups -OCH3 is 1. The number of nitrogens with one attached hydrogen (secondary N) is 1. The van der Waals surface area contributed by atoms with Gasteiger partial charge in [0.15, 0.2) is 0 Å². The fourth-order valence-electron chi connectivity index (χ4n) is 1.68. The Balaban J connectivity index is 2.28. The van der Waals surface area contributed by atoms with Crippen LogP contribution < -0.4 is 9.46 Å². The largest absolute Gasteiger partial charge is 0.495 e. The molecule has 2 N–H and O–H groups in total. The van der Waals surface area contributed by atoms with E-state index in [1.807, 2.05) is 16.8 Å². The number of aliphatic hydroxyl groups excluding tert-OH is 1. The fraction of sp³-hybridized carbons (Fsp3) is 0.231. The van der Waals surface area contributed by atoms with E-state index < -0.39 is 10.0 Å². The standard InChI is InChI=1S/C13H15NO4S2/c1-18-12-3-2-10(8-15)6-13(12)20(16,17)14-7-11-4-5-19-9-11/h2-6,9,14-15H,7-8H2,1H3. The summed E-state index contributed by atoms with van der Waals surface area (Å²) in [4.78, 5) is 0.0294. The number of thiophene rings is 1. The second-order valence-corrected chi connectivity index (χ2v) is 6.61. The number of ether oxygens (including phenoxy) is 1. The summed E-state index contributed by atoms with van der Waals surface area (Å²) in [6.07, 6.45) is 0. The predicted octanol–water partition coefficient (Wildman–Crippen LogP) is 1.73. The molecule has 0 aliphatic carbocycles. The van der Waals surface area contributed by atoms with Crippen molar-refractivity contribution in [2.45, 2.75) is 18.0 Å². The summed E-state index contributed by atoms with van der Waals surface area (Å²) in [6.45, 7) is -0.00458. The van der Waals surface area contributed by atoms with E-state index in [1.165, 1.54) is 30.6 Å². The zero-order valence-electron chi connectivity index (χ0n) is 10.9. The van der Waals surface area contributed by atoms with Crippen LogP contribution in [0.1, 0.15) is 11.1 Å². The molecule has 7 heteroatoms. The lowest BCUT2D eigenvalue weighted by Crippen LogP contribution is -2.23. The first-order valence-corrected chi connectivity index (χ1v) is 8.28. The average Bonchev–Trinajstić information content (AvgIpc) is 2.98. The maximum atomic E-state index is 12.3. The normalized spacial score (nSPS) is 11.5. The Bertz CT molecular complexity index is 666. The Hall–Kier alpha value is -1.41. The number of rotatable bonds is 6. The van der Waals surface area contributed by atoms with Crippen molar-refractivity contribution >= 4 is 21.4 Å². The Morgan fingerprint density at radius 2 is 2.10 bits per heavy atom. The van der Waals surface area contributed by atoms with E-state index in [0.717, 1.165) is 5.56 Å². The molecular formula is C13H15NO4S2. The second-order valence-electron chi connectivity index (χ2n) is 4.10. The first-order valence-electron chi connectivity index (χ1n) is 5.85. The van der Waals surface area contributed by atoms with Crippen LogP contribution in [-0.4, -0.2) is 20.6 Å². The van der Waals surface area contributed by atoms with Gasteiger partial charge >= 0.3 is 0 Å². The maximum absolute atomic E-state index is 12.3. The van der Waals surface area contributed by atoms with Crippen LogP contribution in [0.15, 0.2) is 39.9 Å². The number of sulfonamides is 1. The van der Waals surface area contributed by atoms with Crippen molar-refractivity contribution in [2.75, 3.05) is 7.11 Å². The van der Waals surface area contributed by atoms with Crippen molar-refractivity contribution in [1.29, 1.82) is 0 Å². The molecule has 0 saturated carbocycles. The lowest BCUT2D eigenvalue weighted by Gasteiger charge is -2.11. The summed E-state index contributed by atoms with van der Waals surface area (Å²) in [5, 5.41) is 12.9. The number of benzene rings is 1. The molecule has 0 fully saturated rings. The molecular weight excluding hydrogens is 298 g/mol. The zero-order valence-corrected chi connectivity index (χ0v) is 12.5. The van der Waals surface area contributed by atoms with E-state index in [9.17, 15) is 8.42 Å². The molecule has 0 unspecified atom stereocenters. The van der Waals surface area contributed by atoms with E-state index in [1.54, 1.807) is 6.07 Å². The van der Waals surface area contributed by atoms with Crippen LogP contribution in [0.25, 0.3) is 0 Å². The average molecular weight is 313 g/mol. The van der Waals surface area contributed by atoms with Gasteiger partial charge in [-0.15, -0.1) is 0 Å². The molecule has 1 heterocycles. The molecule has 0 radical (unpaired) electrons. The number of aliphatic hydroxyl groups is 1. The van der Waals surface area contributed by atoms with Crippen LogP contribution in [0.5, 0.6) is 5.75 Å². The summed E-state index contributed by atoms with van der Waals surface area (Å²) in [5.41, 5.74) is 1.41. The van der Waals surface area contributed by atoms with Crippen molar-refractivity contribution in [1.82, 2.24) is 4.72 Å². The monoisotopic (exact) mass is 313 g/mol. The maximum Gasteiger partial charge on any atom is 0.244 e. The minimum Gasteiger partial charge on any atom is -0.495 e. The van der Waals surface area contributed by atoms with Gasteiger partial charge in [-0.3, -0.25) is 0 Å². The topological polar surface area (TPSA) is 75.6 Å². The van der Waals surface area contributed by atoms with Gasteiger partial charge < -0.3 is 9.84 Å². The SMILES string of the molecule is COc1ccc(CO)cc1S(=O)(=O)NCc1ccsc1. The lowest BCUT2D eigenvalue weighted by molar-refractivity contribution is 0.281. The lowest BCUT2D eigenvalue weighted by atomic mass is 10.2. The molecule has 2 rings (SSSR count). The minimum absolute atomic E-state index is 0.0294. The molecule has 0 saturated heterocycles. The fourth-order valence-corrected chi connectivity index (χ4v) is 3.58. The highest BCUT2D eigenvalue weighted by Gasteiger charge is 2.19. The van der Waals surface area contributed by atoms with Gasteiger partial charge in [-0.25, -0.2) is 13.1 Å². The molecule has 0 atom stereocenters. The zero-order chi connectivity index (χ0) is 14.6. The molecule has 0 amide bonds. The molecule has 0 aliphatic heterocycles. The molecule has 108 valence electrons. The Morgan fingerprint density at radius 1 is 1.30 bits per heavy atom. The first-order chi connectivity index (χ1) is 9.56. The van der Waals surface area contributed by atoms with Gasteiger partial charge in [0.2, 0.25) is 10.0 Å². The molecule has 20 heavy (non-hydrogen) atoms. The minimum atomic E-state index is -3.69. The summed E-state index contributed by atoms with van der Waals surface area (Å²) in [6, 6.07) is 6.42. The number of hydrogen-bond donors (Lipinski definition) is 2. The van der Waals surface area contributed by atoms with Gasteiger partial charge in [0.25, 0.3) is 0 Å². The molecule has 1 aromatic carbocycles. The third-order valence-corrected chi connectivity index (χ3v) is 4.90. The van der Waals surface area contributed by atoms with Gasteiger partial charge in [-0.05, 0) is 40.1 Å². The Kier molecular flexibility index (Phi) is 4.77. The highest BCUT2D eigenvalue weighted by molar-refractivity contribution is 7.89. The summed E-state index contributed by atoms with van der Waals surface area (Å²) >= 11 is 1.51. The van der Waals surface area contributed by atoms with Crippen LogP contribution in [0, 0.1) is 0 Å². The van der Waals surface area contributed by atoms with Crippen molar-refractivity contribution in [3.05, 3.63) is 46.2 Å². The number of hydrogen-bond acceptors (Lipinski definition) is 5. The van der Waals surface area contributed by atoms with Gasteiger partial charge in [-0.2, -0.15) is 11.3 Å². The van der Waals surface area contributed by atoms with Gasteiger partial charge in [0, 0.05) is 6.54 Å². The first kappa shape index (κ1) is 15.0. The van der Waals surface area contributed by atoms with Crippen LogP contribution in [0.3, 0.4) is 0 Å². The summed E-state index contributed by atoms with van der Waals surface area (Å²) in [7, 11) is -2.28. The molecule has 2 aromatic rings. The molecule has 0 bridgehead atoms. The molecule has 1 aromatic heterocycles. The van der Waals surface area contributed by atoms with Gasteiger partial charge in [0.1, 0.15) is 10.6 Å². The summed E-state index contributed by atoms with van der Waals surface area (Å²) in [5.74, 6) is 0.250. The Morgan fingerprint density at radius 3 is 2.70 bits per heavy atom. The van der Waals surface area contributed by atoms with Crippen molar-refractivity contribution < 1.29 is 18.3 Å². The van der Waals surface area contributed by atoms with Gasteiger partial charge in [0.05, 0.1) is 13.7 Å².